The first-order valence-corrected chi connectivity index (χ1v) is 13.1. The molecule has 180 valence electrons. The summed E-state index contributed by atoms with van der Waals surface area (Å²) in [4.78, 5) is 12.8. The molecule has 1 saturated heterocycles. The number of carbonyl (C=O) groups excluding carboxylic acids is 1. The summed E-state index contributed by atoms with van der Waals surface area (Å²) in [5, 5.41) is 18.3. The van der Waals surface area contributed by atoms with Gasteiger partial charge in [-0.3, -0.25) is 9.40 Å². The van der Waals surface area contributed by atoms with Crippen molar-refractivity contribution in [2.45, 2.75) is 82.9 Å². The minimum atomic E-state index is -1.85. The number of hydrogen-bond acceptors (Lipinski definition) is 5. The Labute approximate surface area is 197 Å². The van der Waals surface area contributed by atoms with E-state index in [1.54, 1.807) is 10.7 Å². The molecule has 1 aliphatic heterocycles. The third kappa shape index (κ3) is 4.46. The lowest BCUT2D eigenvalue weighted by molar-refractivity contribution is -0.189. The van der Waals surface area contributed by atoms with E-state index in [9.17, 15) is 14.1 Å². The molecule has 1 aromatic carbocycles. The van der Waals surface area contributed by atoms with Crippen LogP contribution in [0, 0.1) is 0 Å². The van der Waals surface area contributed by atoms with E-state index in [2.05, 4.69) is 21.2 Å². The van der Waals surface area contributed by atoms with Gasteiger partial charge in [0.15, 0.2) is 21.6 Å². The molecule has 1 atom stereocenters. The number of urea groups is 1. The van der Waals surface area contributed by atoms with Crippen molar-refractivity contribution < 1.29 is 18.8 Å². The van der Waals surface area contributed by atoms with Gasteiger partial charge in [0.05, 0.1) is 18.9 Å². The molecular formula is C24H34N4O4S. The number of aryl methyl sites for hydroxylation is 2. The summed E-state index contributed by atoms with van der Waals surface area (Å²) in [7, 11) is -1.85. The first kappa shape index (κ1) is 23.9. The van der Waals surface area contributed by atoms with Gasteiger partial charge in [-0.2, -0.15) is 5.10 Å². The van der Waals surface area contributed by atoms with Gasteiger partial charge in [-0.1, -0.05) is 19.9 Å². The number of hydrogen-bond donors (Lipinski definition) is 3. The predicted molar refractivity (Wildman–Crippen MR) is 128 cm³/mol. The van der Waals surface area contributed by atoms with Crippen LogP contribution in [0.5, 0.6) is 0 Å². The zero-order chi connectivity index (χ0) is 23.8. The molecule has 9 heteroatoms. The van der Waals surface area contributed by atoms with E-state index in [0.717, 1.165) is 44.2 Å². The molecular weight excluding hydrogens is 440 g/mol. The zero-order valence-electron chi connectivity index (χ0n) is 19.9. The number of aliphatic hydroxyl groups is 1. The first-order chi connectivity index (χ1) is 15.9. The molecule has 0 bridgehead atoms. The molecule has 8 nitrogen and oxygen atoms in total. The number of carbonyl (C=O) groups is 1. The topological polar surface area (TPSA) is 105 Å². The third-order valence-electron chi connectivity index (χ3n) is 6.45. The highest BCUT2D eigenvalue weighted by Gasteiger charge is 2.42. The van der Waals surface area contributed by atoms with Gasteiger partial charge in [-0.25, -0.2) is 9.00 Å². The lowest BCUT2D eigenvalue weighted by Crippen LogP contribution is -2.48. The Balaban J connectivity index is 0.00000126. The second kappa shape index (κ2) is 9.56. The van der Waals surface area contributed by atoms with Crippen molar-refractivity contribution in [1.82, 2.24) is 14.5 Å². The standard InChI is InChI=1S/C22H28N4O4S.C2H6/c1-13(2)26-18(22(28)11-30-12-22)10-19(24-26)31(29)25-21(27)23-20-16-7-3-5-14(16)9-15-6-4-8-17(15)20;1-2/h9-10,13,28H,3-8,11-12H2,1-2H3,(H2,23,25,27);1-2H3. The highest BCUT2D eigenvalue weighted by Crippen LogP contribution is 2.38. The van der Waals surface area contributed by atoms with E-state index in [0.29, 0.717) is 5.69 Å². The van der Waals surface area contributed by atoms with E-state index in [-0.39, 0.29) is 24.3 Å². The Morgan fingerprint density at radius 3 is 2.24 bits per heavy atom. The zero-order valence-corrected chi connectivity index (χ0v) is 20.7. The highest BCUT2D eigenvalue weighted by molar-refractivity contribution is 7.83. The molecule has 3 N–H and O–H groups in total. The normalized spacial score (nSPS) is 18.6. The van der Waals surface area contributed by atoms with Crippen molar-refractivity contribution in [2.75, 3.05) is 18.5 Å². The van der Waals surface area contributed by atoms with Crippen LogP contribution in [0.1, 0.15) is 74.5 Å². The largest absolute Gasteiger partial charge is 0.379 e. The van der Waals surface area contributed by atoms with E-state index in [1.807, 2.05) is 27.7 Å². The number of anilines is 1. The molecule has 1 aromatic heterocycles. The maximum Gasteiger partial charge on any atom is 0.331 e. The van der Waals surface area contributed by atoms with Crippen molar-refractivity contribution in [3.8, 4) is 0 Å². The van der Waals surface area contributed by atoms with Crippen molar-refractivity contribution >= 4 is 22.7 Å². The molecule has 2 heterocycles. The Morgan fingerprint density at radius 2 is 1.73 bits per heavy atom. The number of fused-ring (bicyclic) bond motifs is 2. The number of rotatable bonds is 5. The fraction of sp³-hybridized carbons (Fsp3) is 0.583. The Kier molecular flexibility index (Phi) is 6.93. The molecule has 5 rings (SSSR count). The van der Waals surface area contributed by atoms with E-state index >= 15 is 0 Å². The van der Waals surface area contributed by atoms with Crippen molar-refractivity contribution in [3.63, 3.8) is 0 Å². The van der Waals surface area contributed by atoms with Gasteiger partial charge < -0.3 is 15.2 Å². The van der Waals surface area contributed by atoms with Crippen LogP contribution in [-0.2, 0) is 47.0 Å². The SMILES string of the molecule is CC.CC(C)n1nc(S(=O)NC(=O)Nc2c3c(cc4c2CCC4)CCC3)cc1C1(O)COC1. The van der Waals surface area contributed by atoms with Crippen molar-refractivity contribution in [1.29, 1.82) is 0 Å². The number of aromatic nitrogens is 2. The second-order valence-corrected chi connectivity index (χ2v) is 10.1. The van der Waals surface area contributed by atoms with Crippen LogP contribution in [0.25, 0.3) is 0 Å². The summed E-state index contributed by atoms with van der Waals surface area (Å²) in [6.45, 7) is 8.22. The van der Waals surface area contributed by atoms with E-state index < -0.39 is 22.6 Å². The van der Waals surface area contributed by atoms with Gasteiger partial charge >= 0.3 is 6.03 Å². The summed E-state index contributed by atoms with van der Waals surface area (Å²) in [5.41, 5.74) is 5.43. The van der Waals surface area contributed by atoms with Crippen LogP contribution in [0.2, 0.25) is 0 Å². The predicted octanol–water partition coefficient (Wildman–Crippen LogP) is 3.53. The number of nitrogens with one attached hydrogen (secondary N) is 2. The lowest BCUT2D eigenvalue weighted by Gasteiger charge is -2.36. The van der Waals surface area contributed by atoms with Gasteiger partial charge in [-0.15, -0.1) is 0 Å². The number of ether oxygens (including phenoxy) is 1. The monoisotopic (exact) mass is 474 g/mol. The van der Waals surface area contributed by atoms with Gasteiger partial charge in [0, 0.05) is 17.8 Å². The van der Waals surface area contributed by atoms with Crippen molar-refractivity contribution in [3.05, 3.63) is 40.1 Å². The van der Waals surface area contributed by atoms with Gasteiger partial charge in [0.2, 0.25) is 0 Å². The molecule has 3 aliphatic rings. The molecule has 2 aromatic rings. The fourth-order valence-corrected chi connectivity index (χ4v) is 5.59. The Morgan fingerprint density at radius 1 is 1.12 bits per heavy atom. The second-order valence-electron chi connectivity index (χ2n) is 8.99. The molecule has 0 spiro atoms. The van der Waals surface area contributed by atoms with Gasteiger partial charge in [0.25, 0.3) is 0 Å². The summed E-state index contributed by atoms with van der Waals surface area (Å²) in [5.74, 6) is 0. The smallest absolute Gasteiger partial charge is 0.331 e. The van der Waals surface area contributed by atoms with Gasteiger partial charge in [-0.05, 0) is 74.6 Å². The summed E-state index contributed by atoms with van der Waals surface area (Å²) < 4.78 is 22.2. The average Bonchev–Trinajstić information content (AvgIpc) is 3.52. The van der Waals surface area contributed by atoms with E-state index in [1.165, 1.54) is 22.3 Å². The molecule has 0 radical (unpaired) electrons. The van der Waals surface area contributed by atoms with Crippen LogP contribution in [0.4, 0.5) is 10.5 Å². The first-order valence-electron chi connectivity index (χ1n) is 11.9. The Hall–Kier alpha value is -2.23. The molecule has 1 unspecified atom stereocenters. The molecule has 33 heavy (non-hydrogen) atoms. The maximum atomic E-state index is 12.9. The van der Waals surface area contributed by atoms with Gasteiger partial charge in [0.1, 0.15) is 0 Å². The van der Waals surface area contributed by atoms with Crippen LogP contribution in [0.3, 0.4) is 0 Å². The maximum absolute atomic E-state index is 12.9. The lowest BCUT2D eigenvalue weighted by atomic mass is 9.97. The van der Waals surface area contributed by atoms with Crippen LogP contribution < -0.4 is 10.0 Å². The number of amides is 2. The molecule has 0 saturated carbocycles. The summed E-state index contributed by atoms with van der Waals surface area (Å²) in [6.07, 6.45) is 6.22. The fourth-order valence-electron chi connectivity index (χ4n) is 4.89. The molecule has 1 fully saturated rings. The quantitative estimate of drug-likeness (QED) is 0.615. The van der Waals surface area contributed by atoms with Crippen LogP contribution >= 0.6 is 0 Å². The summed E-state index contributed by atoms with van der Waals surface area (Å²) in [6, 6.07) is 3.37. The number of benzene rings is 1. The van der Waals surface area contributed by atoms with Crippen LogP contribution in [-0.4, -0.2) is 38.3 Å². The minimum absolute atomic E-state index is 0.0336. The Bertz CT molecular complexity index is 1040. The minimum Gasteiger partial charge on any atom is -0.379 e. The highest BCUT2D eigenvalue weighted by atomic mass is 32.2. The average molecular weight is 475 g/mol. The van der Waals surface area contributed by atoms with E-state index in [4.69, 9.17) is 4.74 Å². The summed E-state index contributed by atoms with van der Waals surface area (Å²) >= 11 is 0. The third-order valence-corrected chi connectivity index (χ3v) is 7.40. The molecule has 2 aliphatic carbocycles. The number of nitrogens with zero attached hydrogens (tertiary/aromatic N) is 2. The van der Waals surface area contributed by atoms with Crippen molar-refractivity contribution in [2.24, 2.45) is 0 Å². The molecule has 2 amide bonds. The van der Waals surface area contributed by atoms with Crippen LogP contribution in [0.15, 0.2) is 17.2 Å².